The Labute approximate surface area is 127 Å². The van der Waals surface area contributed by atoms with Crippen molar-refractivity contribution in [2.24, 2.45) is 16.7 Å². The van der Waals surface area contributed by atoms with Crippen LogP contribution in [0.5, 0.6) is 0 Å². The Morgan fingerprint density at radius 1 is 1.40 bits per heavy atom. The molecule has 0 amide bonds. The Hall–Kier alpha value is -0.220. The highest BCUT2D eigenvalue weighted by atomic mass is 32.2. The fourth-order valence-corrected chi connectivity index (χ4v) is 5.30. The number of hydrogen-bond acceptors (Lipinski definition) is 3. The van der Waals surface area contributed by atoms with Crippen molar-refractivity contribution in [2.75, 3.05) is 24.6 Å². The number of thioether (sulfide) groups is 1. The summed E-state index contributed by atoms with van der Waals surface area (Å²) >= 11 is 2.06. The highest BCUT2D eigenvalue weighted by Crippen LogP contribution is 2.41. The summed E-state index contributed by atoms with van der Waals surface area (Å²) in [6.45, 7) is 10.6. The zero-order valence-corrected chi connectivity index (χ0v) is 14.1. The zero-order chi connectivity index (χ0) is 15.0. The zero-order valence-electron chi connectivity index (χ0n) is 13.3. The molecule has 0 bridgehead atoms. The molecule has 0 radical (unpaired) electrons. The van der Waals surface area contributed by atoms with Gasteiger partial charge in [-0.3, -0.25) is 9.69 Å². The smallest absolute Gasteiger partial charge is 0.309 e. The summed E-state index contributed by atoms with van der Waals surface area (Å²) in [5, 5.41) is 9.47. The van der Waals surface area contributed by atoms with E-state index >= 15 is 0 Å². The first-order chi connectivity index (χ1) is 9.25. The van der Waals surface area contributed by atoms with Crippen molar-refractivity contribution < 1.29 is 9.90 Å². The molecule has 0 aliphatic carbocycles. The van der Waals surface area contributed by atoms with E-state index in [1.807, 2.05) is 13.8 Å². The molecule has 2 rings (SSSR count). The predicted molar refractivity (Wildman–Crippen MR) is 85.2 cm³/mol. The Bertz CT molecular complexity index is 367. The van der Waals surface area contributed by atoms with Gasteiger partial charge in [0.1, 0.15) is 0 Å². The third-order valence-electron chi connectivity index (χ3n) is 5.53. The Morgan fingerprint density at radius 2 is 2.10 bits per heavy atom. The van der Waals surface area contributed by atoms with Gasteiger partial charge >= 0.3 is 5.97 Å². The molecule has 2 unspecified atom stereocenters. The minimum absolute atomic E-state index is 0.275. The highest BCUT2D eigenvalue weighted by Gasteiger charge is 2.43. The van der Waals surface area contributed by atoms with Gasteiger partial charge in [0.2, 0.25) is 0 Å². The lowest BCUT2D eigenvalue weighted by Crippen LogP contribution is -2.55. The van der Waals surface area contributed by atoms with Gasteiger partial charge < -0.3 is 5.11 Å². The number of nitrogens with zero attached hydrogens (tertiary/aromatic N) is 1. The second-order valence-corrected chi connectivity index (χ2v) is 8.84. The number of rotatable bonds is 3. The molecule has 2 saturated heterocycles. The summed E-state index contributed by atoms with van der Waals surface area (Å²) in [5.41, 5.74) is -0.245. The summed E-state index contributed by atoms with van der Waals surface area (Å²) < 4.78 is 0. The fourth-order valence-electron chi connectivity index (χ4n) is 3.58. The number of piperidine rings is 1. The predicted octanol–water partition coefficient (Wildman–Crippen LogP) is 3.34. The first-order valence-corrected chi connectivity index (χ1v) is 8.96. The van der Waals surface area contributed by atoms with Crippen LogP contribution in [0, 0.1) is 16.7 Å². The van der Waals surface area contributed by atoms with Gasteiger partial charge in [-0.1, -0.05) is 13.8 Å². The van der Waals surface area contributed by atoms with E-state index < -0.39 is 11.4 Å². The van der Waals surface area contributed by atoms with E-state index in [1.54, 1.807) is 0 Å². The van der Waals surface area contributed by atoms with Crippen molar-refractivity contribution in [3.05, 3.63) is 0 Å². The number of carbonyl (C=O) groups is 1. The van der Waals surface area contributed by atoms with Crippen LogP contribution in [-0.2, 0) is 4.79 Å². The van der Waals surface area contributed by atoms with Crippen molar-refractivity contribution in [1.29, 1.82) is 0 Å². The molecule has 2 aliphatic heterocycles. The van der Waals surface area contributed by atoms with Crippen LogP contribution < -0.4 is 0 Å². The maximum Gasteiger partial charge on any atom is 0.309 e. The first-order valence-electron chi connectivity index (χ1n) is 7.80. The summed E-state index contributed by atoms with van der Waals surface area (Å²) in [5.74, 6) is 2.09. The highest BCUT2D eigenvalue weighted by molar-refractivity contribution is 7.99. The van der Waals surface area contributed by atoms with Gasteiger partial charge in [-0.2, -0.15) is 11.8 Å². The van der Waals surface area contributed by atoms with Gasteiger partial charge in [0.15, 0.2) is 0 Å². The van der Waals surface area contributed by atoms with Gasteiger partial charge in [0, 0.05) is 18.3 Å². The lowest BCUT2D eigenvalue weighted by Gasteiger charge is -2.49. The SMILES string of the molecule is CC1(C)CCSCC1N1CCCC(C(C)(C)C(=O)O)C1. The first kappa shape index (κ1) is 16.2. The van der Waals surface area contributed by atoms with Crippen LogP contribution in [0.4, 0.5) is 0 Å². The van der Waals surface area contributed by atoms with Crippen molar-refractivity contribution in [3.63, 3.8) is 0 Å². The van der Waals surface area contributed by atoms with Crippen LogP contribution in [0.15, 0.2) is 0 Å². The molecule has 2 aliphatic rings. The fraction of sp³-hybridized carbons (Fsp3) is 0.938. The van der Waals surface area contributed by atoms with E-state index in [9.17, 15) is 9.90 Å². The lowest BCUT2D eigenvalue weighted by atomic mass is 9.73. The van der Waals surface area contributed by atoms with E-state index in [0.717, 1.165) is 25.9 Å². The molecule has 2 atom stereocenters. The van der Waals surface area contributed by atoms with Crippen molar-refractivity contribution in [1.82, 2.24) is 4.90 Å². The van der Waals surface area contributed by atoms with Gasteiger partial charge in [0.05, 0.1) is 5.41 Å². The quantitative estimate of drug-likeness (QED) is 0.867. The number of likely N-dealkylation sites (tertiary alicyclic amines) is 1. The van der Waals surface area contributed by atoms with E-state index in [2.05, 4.69) is 30.5 Å². The van der Waals surface area contributed by atoms with Crippen LogP contribution in [-0.4, -0.2) is 46.6 Å². The number of carboxylic acids is 1. The van der Waals surface area contributed by atoms with Crippen molar-refractivity contribution >= 4 is 17.7 Å². The third-order valence-corrected chi connectivity index (χ3v) is 6.58. The Kier molecular flexibility index (Phi) is 4.75. The largest absolute Gasteiger partial charge is 0.481 e. The molecule has 0 spiro atoms. The molecular formula is C16H29NO2S. The van der Waals surface area contributed by atoms with E-state index in [1.165, 1.54) is 17.9 Å². The maximum atomic E-state index is 11.5. The molecule has 1 N–H and O–H groups in total. The van der Waals surface area contributed by atoms with Crippen LogP contribution in [0.3, 0.4) is 0 Å². The summed E-state index contributed by atoms with van der Waals surface area (Å²) in [6, 6.07) is 0.605. The number of aliphatic carboxylic acids is 1. The standard InChI is InChI=1S/C16H29NO2S/c1-15(2)7-9-20-11-13(15)17-8-5-6-12(10-17)16(3,4)14(18)19/h12-13H,5-11H2,1-4H3,(H,18,19). The maximum absolute atomic E-state index is 11.5. The molecule has 0 aromatic rings. The summed E-state index contributed by atoms with van der Waals surface area (Å²) in [7, 11) is 0. The second-order valence-electron chi connectivity index (χ2n) is 7.69. The van der Waals surface area contributed by atoms with Gasteiger partial charge in [0.25, 0.3) is 0 Å². The second kappa shape index (κ2) is 5.88. The average molecular weight is 299 g/mol. The topological polar surface area (TPSA) is 40.5 Å². The average Bonchev–Trinajstić information content (AvgIpc) is 2.38. The van der Waals surface area contributed by atoms with Crippen molar-refractivity contribution in [2.45, 2.75) is 53.0 Å². The van der Waals surface area contributed by atoms with E-state index in [0.29, 0.717) is 11.5 Å². The molecular weight excluding hydrogens is 270 g/mol. The van der Waals surface area contributed by atoms with Crippen LogP contribution in [0.1, 0.15) is 47.0 Å². The van der Waals surface area contributed by atoms with Crippen molar-refractivity contribution in [3.8, 4) is 0 Å². The van der Waals surface area contributed by atoms with Gasteiger partial charge in [-0.15, -0.1) is 0 Å². The van der Waals surface area contributed by atoms with E-state index in [-0.39, 0.29) is 5.92 Å². The molecule has 0 aromatic heterocycles. The molecule has 0 aromatic carbocycles. The lowest BCUT2D eigenvalue weighted by molar-refractivity contribution is -0.151. The van der Waals surface area contributed by atoms with E-state index in [4.69, 9.17) is 0 Å². The third kappa shape index (κ3) is 3.16. The minimum Gasteiger partial charge on any atom is -0.481 e. The number of carboxylic acid groups (broad SMARTS) is 1. The minimum atomic E-state index is -0.651. The Morgan fingerprint density at radius 3 is 2.70 bits per heavy atom. The molecule has 3 nitrogen and oxygen atoms in total. The molecule has 116 valence electrons. The molecule has 20 heavy (non-hydrogen) atoms. The van der Waals surface area contributed by atoms with Gasteiger partial charge in [-0.05, 0) is 56.7 Å². The van der Waals surface area contributed by atoms with Gasteiger partial charge in [-0.25, -0.2) is 0 Å². The van der Waals surface area contributed by atoms with Crippen LogP contribution >= 0.6 is 11.8 Å². The van der Waals surface area contributed by atoms with Crippen LogP contribution in [0.25, 0.3) is 0 Å². The normalized spacial score (nSPS) is 32.0. The number of hydrogen-bond donors (Lipinski definition) is 1. The molecule has 2 heterocycles. The summed E-state index contributed by atoms with van der Waals surface area (Å²) in [4.78, 5) is 14.1. The monoisotopic (exact) mass is 299 g/mol. The molecule has 0 saturated carbocycles. The Balaban J connectivity index is 2.08. The molecule has 4 heteroatoms. The van der Waals surface area contributed by atoms with Crippen LogP contribution in [0.2, 0.25) is 0 Å². The molecule has 2 fully saturated rings. The summed E-state index contributed by atoms with van der Waals surface area (Å²) in [6.07, 6.45) is 3.46.